The van der Waals surface area contributed by atoms with E-state index < -0.39 is 0 Å². The molecule has 0 fully saturated rings. The molecule has 0 saturated carbocycles. The van der Waals surface area contributed by atoms with Crippen molar-refractivity contribution in [2.45, 2.75) is 13.8 Å². The monoisotopic (exact) mass is 299 g/mol. The van der Waals surface area contributed by atoms with E-state index >= 15 is 0 Å². The molecule has 0 saturated heterocycles. The average molecular weight is 299 g/mol. The summed E-state index contributed by atoms with van der Waals surface area (Å²) in [5, 5.41) is 5.65. The number of aryl methyl sites for hydroxylation is 2. The van der Waals surface area contributed by atoms with Gasteiger partial charge in [0.1, 0.15) is 0 Å². The first-order valence-electron chi connectivity index (χ1n) is 7.68. The lowest BCUT2D eigenvalue weighted by molar-refractivity contribution is 0.877. The topological polar surface area (TPSA) is 30.7 Å². The molecule has 0 aliphatic rings. The molecule has 0 spiro atoms. The number of rotatable bonds is 2. The largest absolute Gasteiger partial charge is 0.248 e. The van der Waals surface area contributed by atoms with Gasteiger partial charge in [-0.3, -0.25) is 0 Å². The van der Waals surface area contributed by atoms with Gasteiger partial charge in [-0.1, -0.05) is 30.3 Å². The van der Waals surface area contributed by atoms with E-state index in [9.17, 15) is 0 Å². The van der Waals surface area contributed by atoms with Crippen molar-refractivity contribution in [3.8, 4) is 16.9 Å². The minimum absolute atomic E-state index is 0.944. The van der Waals surface area contributed by atoms with Gasteiger partial charge in [-0.2, -0.15) is 5.10 Å². The normalized spacial score (nSPS) is 11.0. The van der Waals surface area contributed by atoms with Crippen molar-refractivity contribution in [1.29, 1.82) is 0 Å². The molecule has 0 aliphatic carbocycles. The fraction of sp³-hybridized carbons (Fsp3) is 0.100. The van der Waals surface area contributed by atoms with Gasteiger partial charge >= 0.3 is 0 Å². The Bertz CT molecular complexity index is 978. The van der Waals surface area contributed by atoms with Crippen molar-refractivity contribution in [2.75, 3.05) is 0 Å². The summed E-state index contributed by atoms with van der Waals surface area (Å²) in [4.78, 5) is 4.73. The van der Waals surface area contributed by atoms with Crippen LogP contribution in [0.1, 0.15) is 11.1 Å². The molecule has 4 aromatic rings. The third-order valence-electron chi connectivity index (χ3n) is 3.95. The van der Waals surface area contributed by atoms with E-state index in [1.54, 1.807) is 0 Å². The number of fused-ring (bicyclic) bond motifs is 1. The Morgan fingerprint density at radius 1 is 0.870 bits per heavy atom. The summed E-state index contributed by atoms with van der Waals surface area (Å²) in [7, 11) is 0. The summed E-state index contributed by atoms with van der Waals surface area (Å²) < 4.78 is 1.91. The van der Waals surface area contributed by atoms with Gasteiger partial charge in [-0.15, -0.1) is 0 Å². The quantitative estimate of drug-likeness (QED) is 0.537. The van der Waals surface area contributed by atoms with E-state index in [2.05, 4.69) is 49.3 Å². The summed E-state index contributed by atoms with van der Waals surface area (Å²) in [6.45, 7) is 4.21. The summed E-state index contributed by atoms with van der Waals surface area (Å²) in [6, 6.07) is 18.7. The van der Waals surface area contributed by atoms with Crippen molar-refractivity contribution in [3.63, 3.8) is 0 Å². The first-order chi connectivity index (χ1) is 11.2. The lowest BCUT2D eigenvalue weighted by Gasteiger charge is -2.04. The van der Waals surface area contributed by atoms with Crippen molar-refractivity contribution >= 4 is 10.9 Å². The standard InChI is InChI=1S/C20H17N3/c1-14-9-15(2)11-18(10-14)23-13-17(12-21-23)20-8-7-16-5-3-4-6-19(16)22-20/h3-13H,1-2H3. The molecule has 2 aromatic heterocycles. The highest BCUT2D eigenvalue weighted by molar-refractivity contribution is 5.81. The van der Waals surface area contributed by atoms with Gasteiger partial charge in [0.2, 0.25) is 0 Å². The summed E-state index contributed by atoms with van der Waals surface area (Å²) in [6.07, 6.45) is 3.90. The van der Waals surface area contributed by atoms with Crippen LogP contribution in [-0.2, 0) is 0 Å². The van der Waals surface area contributed by atoms with E-state index in [0.29, 0.717) is 0 Å². The van der Waals surface area contributed by atoms with E-state index in [4.69, 9.17) is 4.98 Å². The van der Waals surface area contributed by atoms with Crippen LogP contribution >= 0.6 is 0 Å². The molecule has 23 heavy (non-hydrogen) atoms. The highest BCUT2D eigenvalue weighted by Crippen LogP contribution is 2.22. The number of hydrogen-bond acceptors (Lipinski definition) is 2. The first kappa shape index (κ1) is 13.7. The predicted molar refractivity (Wildman–Crippen MR) is 93.8 cm³/mol. The number of para-hydroxylation sites is 1. The second-order valence-electron chi connectivity index (χ2n) is 5.91. The van der Waals surface area contributed by atoms with Crippen molar-refractivity contribution in [1.82, 2.24) is 14.8 Å². The summed E-state index contributed by atoms with van der Waals surface area (Å²) >= 11 is 0. The molecule has 0 unspecified atom stereocenters. The Hall–Kier alpha value is -2.94. The Morgan fingerprint density at radius 2 is 1.65 bits per heavy atom. The zero-order valence-electron chi connectivity index (χ0n) is 13.2. The van der Waals surface area contributed by atoms with Crippen molar-refractivity contribution in [2.24, 2.45) is 0 Å². The number of hydrogen-bond donors (Lipinski definition) is 0. The average Bonchev–Trinajstić information content (AvgIpc) is 3.03. The fourth-order valence-corrected chi connectivity index (χ4v) is 2.91. The van der Waals surface area contributed by atoms with Crippen LogP contribution in [0.2, 0.25) is 0 Å². The molecule has 2 aromatic carbocycles. The third kappa shape index (κ3) is 2.61. The minimum Gasteiger partial charge on any atom is -0.248 e. The lowest BCUT2D eigenvalue weighted by atomic mass is 10.1. The molecule has 0 aliphatic heterocycles. The lowest BCUT2D eigenvalue weighted by Crippen LogP contribution is -1.95. The van der Waals surface area contributed by atoms with E-state index in [1.807, 2.05) is 41.3 Å². The van der Waals surface area contributed by atoms with Crippen LogP contribution in [0.5, 0.6) is 0 Å². The first-order valence-corrected chi connectivity index (χ1v) is 7.68. The molecule has 0 atom stereocenters. The van der Waals surface area contributed by atoms with Gasteiger partial charge in [0.25, 0.3) is 0 Å². The van der Waals surface area contributed by atoms with Crippen molar-refractivity contribution in [3.05, 3.63) is 78.1 Å². The van der Waals surface area contributed by atoms with E-state index in [1.165, 1.54) is 11.1 Å². The molecule has 2 heterocycles. The third-order valence-corrected chi connectivity index (χ3v) is 3.95. The molecule has 0 N–H and O–H groups in total. The van der Waals surface area contributed by atoms with Crippen LogP contribution in [0.15, 0.2) is 67.0 Å². The van der Waals surface area contributed by atoms with Gasteiger partial charge in [0.15, 0.2) is 0 Å². The predicted octanol–water partition coefficient (Wildman–Crippen LogP) is 4.70. The van der Waals surface area contributed by atoms with Crippen LogP contribution < -0.4 is 0 Å². The number of pyridine rings is 1. The zero-order chi connectivity index (χ0) is 15.8. The van der Waals surface area contributed by atoms with Crippen molar-refractivity contribution < 1.29 is 0 Å². The number of benzene rings is 2. The zero-order valence-corrected chi connectivity index (χ0v) is 13.2. The summed E-state index contributed by atoms with van der Waals surface area (Å²) in [5.74, 6) is 0. The summed E-state index contributed by atoms with van der Waals surface area (Å²) in [5.41, 5.74) is 6.52. The molecule has 3 heteroatoms. The number of aromatic nitrogens is 3. The van der Waals surface area contributed by atoms with Crippen LogP contribution in [-0.4, -0.2) is 14.8 Å². The molecule has 4 rings (SSSR count). The van der Waals surface area contributed by atoms with Gasteiger partial charge in [0, 0.05) is 17.1 Å². The maximum absolute atomic E-state index is 4.73. The SMILES string of the molecule is Cc1cc(C)cc(-n2cc(-c3ccc4ccccc4n3)cn2)c1. The van der Waals surface area contributed by atoms with Crippen LogP contribution in [0.25, 0.3) is 27.8 Å². The smallest absolute Gasteiger partial charge is 0.0741 e. The Morgan fingerprint density at radius 3 is 2.48 bits per heavy atom. The Balaban J connectivity index is 1.76. The molecule has 0 radical (unpaired) electrons. The van der Waals surface area contributed by atoms with Crippen LogP contribution in [0.4, 0.5) is 0 Å². The maximum atomic E-state index is 4.73. The molecular weight excluding hydrogens is 282 g/mol. The molecule has 112 valence electrons. The Labute approximate surface area is 135 Å². The fourth-order valence-electron chi connectivity index (χ4n) is 2.91. The highest BCUT2D eigenvalue weighted by atomic mass is 15.3. The molecule has 3 nitrogen and oxygen atoms in total. The van der Waals surface area contributed by atoms with Crippen LogP contribution in [0.3, 0.4) is 0 Å². The van der Waals surface area contributed by atoms with Crippen LogP contribution in [0, 0.1) is 13.8 Å². The number of nitrogens with zero attached hydrogens (tertiary/aromatic N) is 3. The molecular formula is C20H17N3. The van der Waals surface area contributed by atoms with Gasteiger partial charge < -0.3 is 0 Å². The maximum Gasteiger partial charge on any atom is 0.0741 e. The minimum atomic E-state index is 0.944. The van der Waals surface area contributed by atoms with Gasteiger partial charge in [-0.05, 0) is 49.2 Å². The van der Waals surface area contributed by atoms with Gasteiger partial charge in [0.05, 0.1) is 23.1 Å². The second-order valence-corrected chi connectivity index (χ2v) is 5.91. The van der Waals surface area contributed by atoms with Gasteiger partial charge in [-0.25, -0.2) is 9.67 Å². The van der Waals surface area contributed by atoms with E-state index in [0.717, 1.165) is 27.8 Å². The molecule has 0 amide bonds. The highest BCUT2D eigenvalue weighted by Gasteiger charge is 2.06. The Kier molecular flexibility index (Phi) is 3.19. The second kappa shape index (κ2) is 5.36. The van der Waals surface area contributed by atoms with E-state index in [-0.39, 0.29) is 0 Å². The molecule has 0 bridgehead atoms.